The highest BCUT2D eigenvalue weighted by Gasteiger charge is 2.25. The van der Waals surface area contributed by atoms with Crippen molar-refractivity contribution in [3.8, 4) is 11.5 Å². The number of carboxylic acid groups (broad SMARTS) is 1. The molecule has 1 aliphatic rings. The van der Waals surface area contributed by atoms with Crippen LogP contribution in [0.2, 0.25) is 0 Å². The first kappa shape index (κ1) is 15.1. The summed E-state index contributed by atoms with van der Waals surface area (Å²) in [5.74, 6) is -0.546. The Labute approximate surface area is 126 Å². The molecule has 1 aromatic rings. The lowest BCUT2D eigenvalue weighted by atomic mass is 9.95. The quantitative estimate of drug-likeness (QED) is 0.829. The van der Waals surface area contributed by atoms with E-state index < -0.39 is 11.9 Å². The first-order valence-corrected chi connectivity index (χ1v) is 7.33. The van der Waals surface area contributed by atoms with Gasteiger partial charge in [-0.1, -0.05) is 15.9 Å². The van der Waals surface area contributed by atoms with E-state index in [0.29, 0.717) is 21.5 Å². The monoisotopic (exact) mass is 343 g/mol. The average molecular weight is 344 g/mol. The molecule has 1 saturated carbocycles. The fraction of sp³-hybridized carbons (Fsp3) is 0.500. The summed E-state index contributed by atoms with van der Waals surface area (Å²) in [6.45, 7) is 0.0309. The molecule has 0 spiro atoms. The van der Waals surface area contributed by atoms with Crippen molar-refractivity contribution in [2.75, 3.05) is 13.7 Å². The Kier molecular flexibility index (Phi) is 4.88. The number of methoxy groups -OCH3 is 1. The van der Waals surface area contributed by atoms with Crippen LogP contribution in [0, 0.1) is 0 Å². The number of rotatable bonds is 6. The SMILES string of the molecule is COc1cc(Br)c(C(CN)C(=O)O)cc1OC1CCC1. The molecule has 110 valence electrons. The van der Waals surface area contributed by atoms with E-state index in [-0.39, 0.29) is 12.6 Å². The second-order valence-corrected chi connectivity index (χ2v) is 5.68. The number of nitrogens with two attached hydrogens (primary N) is 1. The fourth-order valence-electron chi connectivity index (χ4n) is 2.10. The van der Waals surface area contributed by atoms with Crippen molar-refractivity contribution in [1.82, 2.24) is 0 Å². The molecule has 0 saturated heterocycles. The summed E-state index contributed by atoms with van der Waals surface area (Å²) in [6, 6.07) is 3.45. The number of ether oxygens (including phenoxy) is 2. The zero-order valence-electron chi connectivity index (χ0n) is 11.3. The predicted molar refractivity (Wildman–Crippen MR) is 78.4 cm³/mol. The average Bonchev–Trinajstić information content (AvgIpc) is 2.36. The summed E-state index contributed by atoms with van der Waals surface area (Å²) in [4.78, 5) is 11.3. The number of hydrogen-bond acceptors (Lipinski definition) is 4. The lowest BCUT2D eigenvalue weighted by Crippen LogP contribution is -2.25. The highest BCUT2D eigenvalue weighted by Crippen LogP contribution is 2.39. The summed E-state index contributed by atoms with van der Waals surface area (Å²) in [5.41, 5.74) is 6.17. The number of aliphatic carboxylic acids is 1. The second kappa shape index (κ2) is 6.45. The van der Waals surface area contributed by atoms with Crippen LogP contribution in [0.25, 0.3) is 0 Å². The van der Waals surface area contributed by atoms with Gasteiger partial charge in [0.25, 0.3) is 0 Å². The van der Waals surface area contributed by atoms with Crippen LogP contribution < -0.4 is 15.2 Å². The van der Waals surface area contributed by atoms with Gasteiger partial charge in [0.2, 0.25) is 0 Å². The van der Waals surface area contributed by atoms with Gasteiger partial charge in [0.15, 0.2) is 11.5 Å². The maximum Gasteiger partial charge on any atom is 0.312 e. The fourth-order valence-corrected chi connectivity index (χ4v) is 2.70. The first-order valence-electron chi connectivity index (χ1n) is 6.53. The molecule has 0 aromatic heterocycles. The molecule has 6 heteroatoms. The van der Waals surface area contributed by atoms with Crippen LogP contribution >= 0.6 is 15.9 Å². The summed E-state index contributed by atoms with van der Waals surface area (Å²) >= 11 is 3.37. The summed E-state index contributed by atoms with van der Waals surface area (Å²) < 4.78 is 11.8. The lowest BCUT2D eigenvalue weighted by Gasteiger charge is -2.28. The van der Waals surface area contributed by atoms with E-state index in [1.807, 2.05) is 0 Å². The maximum absolute atomic E-state index is 11.3. The largest absolute Gasteiger partial charge is 0.493 e. The van der Waals surface area contributed by atoms with Crippen LogP contribution in [-0.4, -0.2) is 30.8 Å². The van der Waals surface area contributed by atoms with Gasteiger partial charge >= 0.3 is 5.97 Å². The van der Waals surface area contributed by atoms with Gasteiger partial charge in [-0.05, 0) is 37.0 Å². The maximum atomic E-state index is 11.3. The summed E-state index contributed by atoms with van der Waals surface area (Å²) in [6.07, 6.45) is 3.40. The van der Waals surface area contributed by atoms with Gasteiger partial charge in [0.1, 0.15) is 0 Å². The van der Waals surface area contributed by atoms with Gasteiger partial charge < -0.3 is 20.3 Å². The molecule has 20 heavy (non-hydrogen) atoms. The molecule has 0 bridgehead atoms. The summed E-state index contributed by atoms with van der Waals surface area (Å²) in [7, 11) is 1.56. The van der Waals surface area contributed by atoms with E-state index in [2.05, 4.69) is 15.9 Å². The Morgan fingerprint density at radius 2 is 2.20 bits per heavy atom. The Balaban J connectivity index is 2.36. The second-order valence-electron chi connectivity index (χ2n) is 4.82. The van der Waals surface area contributed by atoms with Crippen molar-refractivity contribution in [2.24, 2.45) is 5.73 Å². The van der Waals surface area contributed by atoms with E-state index in [1.54, 1.807) is 19.2 Å². The Bertz CT molecular complexity index is 502. The third-order valence-corrected chi connectivity index (χ3v) is 4.22. The lowest BCUT2D eigenvalue weighted by molar-refractivity contribution is -0.138. The minimum absolute atomic E-state index is 0.0309. The van der Waals surface area contributed by atoms with Crippen molar-refractivity contribution in [3.05, 3.63) is 22.2 Å². The highest BCUT2D eigenvalue weighted by atomic mass is 79.9. The first-order chi connectivity index (χ1) is 9.56. The Hall–Kier alpha value is -1.27. The van der Waals surface area contributed by atoms with Crippen LogP contribution in [0.15, 0.2) is 16.6 Å². The summed E-state index contributed by atoms with van der Waals surface area (Å²) in [5, 5.41) is 9.23. The molecular weight excluding hydrogens is 326 g/mol. The van der Waals surface area contributed by atoms with Gasteiger partial charge in [-0.25, -0.2) is 0 Å². The zero-order valence-corrected chi connectivity index (χ0v) is 12.9. The van der Waals surface area contributed by atoms with E-state index in [9.17, 15) is 9.90 Å². The molecule has 0 aliphatic heterocycles. The van der Waals surface area contributed by atoms with Crippen molar-refractivity contribution in [1.29, 1.82) is 0 Å². The molecule has 0 heterocycles. The predicted octanol–water partition coefficient (Wildman–Crippen LogP) is 2.52. The molecule has 0 radical (unpaired) electrons. The van der Waals surface area contributed by atoms with Crippen molar-refractivity contribution in [2.45, 2.75) is 31.3 Å². The van der Waals surface area contributed by atoms with Gasteiger partial charge in [-0.3, -0.25) is 4.79 Å². The minimum atomic E-state index is -0.951. The number of carboxylic acids is 1. The van der Waals surface area contributed by atoms with Crippen LogP contribution in [0.3, 0.4) is 0 Å². The Morgan fingerprint density at radius 1 is 1.50 bits per heavy atom. The van der Waals surface area contributed by atoms with Crippen molar-refractivity contribution in [3.63, 3.8) is 0 Å². The number of benzene rings is 1. The van der Waals surface area contributed by atoms with Crippen molar-refractivity contribution >= 4 is 21.9 Å². The molecule has 1 unspecified atom stereocenters. The molecule has 1 fully saturated rings. The van der Waals surface area contributed by atoms with Crippen LogP contribution in [-0.2, 0) is 4.79 Å². The van der Waals surface area contributed by atoms with E-state index in [1.165, 1.54) is 0 Å². The van der Waals surface area contributed by atoms with Crippen molar-refractivity contribution < 1.29 is 19.4 Å². The Morgan fingerprint density at radius 3 is 2.65 bits per heavy atom. The standard InChI is InChI=1S/C14H18BrNO4/c1-19-12-6-11(15)9(10(7-16)14(17)18)5-13(12)20-8-3-2-4-8/h5-6,8,10H,2-4,7,16H2,1H3,(H,17,18). The van der Waals surface area contributed by atoms with E-state index in [0.717, 1.165) is 19.3 Å². The molecule has 1 atom stereocenters. The van der Waals surface area contributed by atoms with Crippen LogP contribution in [0.5, 0.6) is 11.5 Å². The van der Waals surface area contributed by atoms with E-state index >= 15 is 0 Å². The molecule has 5 nitrogen and oxygen atoms in total. The molecule has 1 aliphatic carbocycles. The molecule has 1 aromatic carbocycles. The number of carbonyl (C=O) groups is 1. The minimum Gasteiger partial charge on any atom is -0.493 e. The number of hydrogen-bond donors (Lipinski definition) is 2. The zero-order chi connectivity index (χ0) is 14.7. The van der Waals surface area contributed by atoms with Gasteiger partial charge in [-0.2, -0.15) is 0 Å². The molecule has 2 rings (SSSR count). The third kappa shape index (κ3) is 3.07. The molecular formula is C14H18BrNO4. The van der Waals surface area contributed by atoms with Crippen LogP contribution in [0.4, 0.5) is 0 Å². The van der Waals surface area contributed by atoms with Crippen LogP contribution in [0.1, 0.15) is 30.7 Å². The number of halogens is 1. The van der Waals surface area contributed by atoms with Gasteiger partial charge in [0.05, 0.1) is 19.1 Å². The van der Waals surface area contributed by atoms with Gasteiger partial charge in [0, 0.05) is 11.0 Å². The molecule has 3 N–H and O–H groups in total. The van der Waals surface area contributed by atoms with Gasteiger partial charge in [-0.15, -0.1) is 0 Å². The third-order valence-electron chi connectivity index (χ3n) is 3.54. The topological polar surface area (TPSA) is 81.8 Å². The highest BCUT2D eigenvalue weighted by molar-refractivity contribution is 9.10. The van der Waals surface area contributed by atoms with E-state index in [4.69, 9.17) is 15.2 Å². The smallest absolute Gasteiger partial charge is 0.312 e. The normalized spacial score (nSPS) is 16.4. The molecule has 0 amide bonds.